The zero-order valence-electron chi connectivity index (χ0n) is 22.9. The Hall–Kier alpha value is -5.25. The summed E-state index contributed by atoms with van der Waals surface area (Å²) in [6.07, 6.45) is 12.4. The number of nitrogen functional groups attached to an aromatic ring is 2. The van der Waals surface area contributed by atoms with Crippen LogP contribution in [0.1, 0.15) is 12.8 Å². The number of azo groups is 2. The molecule has 5 aromatic rings. The van der Waals surface area contributed by atoms with Gasteiger partial charge in [0.25, 0.3) is 0 Å². The largest absolute Gasteiger partial charge is 0.399 e. The monoisotopic (exact) mass is 547 g/mol. The van der Waals surface area contributed by atoms with Crippen LogP contribution < -0.4 is 25.2 Å². The second-order valence-electron chi connectivity index (χ2n) is 9.68. The molecule has 0 fully saturated rings. The van der Waals surface area contributed by atoms with Gasteiger partial charge in [-0.3, -0.25) is 0 Å². The first-order chi connectivity index (χ1) is 20.1. The fourth-order valence-electron chi connectivity index (χ4n) is 4.34. The van der Waals surface area contributed by atoms with E-state index in [2.05, 4.69) is 57.4 Å². The summed E-state index contributed by atoms with van der Waals surface area (Å²) in [6, 6.07) is 26.7. The van der Waals surface area contributed by atoms with E-state index in [9.17, 15) is 0 Å². The van der Waals surface area contributed by atoms with E-state index in [1.54, 1.807) is 0 Å². The summed E-state index contributed by atoms with van der Waals surface area (Å²) in [5, 5.41) is 17.6. The van der Waals surface area contributed by atoms with Gasteiger partial charge in [-0.2, -0.15) is 0 Å². The predicted octanol–water partition coefficient (Wildman–Crippen LogP) is 5.53. The van der Waals surface area contributed by atoms with Crippen LogP contribution in [-0.2, 0) is 26.2 Å². The van der Waals surface area contributed by atoms with Crippen molar-refractivity contribution < 1.29 is 13.7 Å². The molecule has 2 aromatic carbocycles. The van der Waals surface area contributed by atoms with Crippen LogP contribution >= 0.6 is 0 Å². The van der Waals surface area contributed by atoms with Crippen molar-refractivity contribution in [2.45, 2.75) is 39.0 Å². The van der Waals surface area contributed by atoms with Gasteiger partial charge in [0.1, 0.15) is 23.8 Å². The molecule has 0 unspecified atom stereocenters. The number of nitrogens with zero attached hydrogens (tertiary/aromatic N) is 8. The van der Waals surface area contributed by atoms with Gasteiger partial charge in [-0.15, -0.1) is 0 Å². The van der Waals surface area contributed by atoms with Gasteiger partial charge < -0.3 is 11.5 Å². The Labute approximate surface area is 239 Å². The number of hydrogen-bond acceptors (Lipinski definition) is 6. The Morgan fingerprint density at radius 1 is 0.561 bits per heavy atom. The van der Waals surface area contributed by atoms with Crippen molar-refractivity contribution in [1.29, 1.82) is 0 Å². The number of nitrogens with two attached hydrogens (primary N) is 2. The van der Waals surface area contributed by atoms with Crippen molar-refractivity contribution in [3.05, 3.63) is 116 Å². The topological polar surface area (TPSA) is 118 Å². The van der Waals surface area contributed by atoms with Crippen LogP contribution in [0, 0.1) is 0 Å². The number of anilines is 2. The molecule has 0 bridgehead atoms. The molecule has 0 saturated heterocycles. The van der Waals surface area contributed by atoms with E-state index in [0.29, 0.717) is 11.4 Å². The van der Waals surface area contributed by atoms with Gasteiger partial charge in [-0.1, -0.05) is 12.1 Å². The second-order valence-corrected chi connectivity index (χ2v) is 9.68. The number of pyridine rings is 2. The number of aryl methyl sites for hydroxylation is 4. The summed E-state index contributed by atoms with van der Waals surface area (Å²) < 4.78 is 8.69. The Balaban J connectivity index is 1.10. The van der Waals surface area contributed by atoms with Crippen molar-refractivity contribution in [3.8, 4) is 0 Å². The average Bonchev–Trinajstić information content (AvgIpc) is 3.45. The minimum Gasteiger partial charge on any atom is -0.399 e. The molecule has 0 radical (unpaired) electrons. The number of imidazole rings is 1. The molecule has 0 atom stereocenters. The van der Waals surface area contributed by atoms with Crippen LogP contribution in [0.2, 0.25) is 0 Å². The Bertz CT molecular complexity index is 1490. The summed E-state index contributed by atoms with van der Waals surface area (Å²) in [5.41, 5.74) is 14.5. The van der Waals surface area contributed by atoms with Crippen LogP contribution in [0.4, 0.5) is 34.4 Å². The maximum Gasteiger partial charge on any atom is 0.350 e. The molecule has 0 aliphatic heterocycles. The smallest absolute Gasteiger partial charge is 0.350 e. The van der Waals surface area contributed by atoms with Gasteiger partial charge in [0.2, 0.25) is 6.33 Å². The molecule has 0 aliphatic carbocycles. The summed E-state index contributed by atoms with van der Waals surface area (Å²) >= 11 is 0. The lowest BCUT2D eigenvalue weighted by Gasteiger charge is -2.01. The van der Waals surface area contributed by atoms with Crippen molar-refractivity contribution in [3.63, 3.8) is 0 Å². The van der Waals surface area contributed by atoms with Gasteiger partial charge in [-0.25, -0.2) is 18.3 Å². The van der Waals surface area contributed by atoms with Gasteiger partial charge in [0, 0.05) is 36.3 Å². The predicted molar refractivity (Wildman–Crippen MR) is 157 cm³/mol. The summed E-state index contributed by atoms with van der Waals surface area (Å²) in [5.74, 6) is 1.63. The maximum absolute atomic E-state index is 5.76. The zero-order valence-corrected chi connectivity index (χ0v) is 22.9. The highest BCUT2D eigenvalue weighted by atomic mass is 15.2. The van der Waals surface area contributed by atoms with E-state index in [1.165, 1.54) is 0 Å². The third kappa shape index (κ3) is 8.12. The first kappa shape index (κ1) is 27.3. The lowest BCUT2D eigenvalue weighted by atomic mass is 10.3. The number of hydrogen-bond donors (Lipinski definition) is 2. The zero-order chi connectivity index (χ0) is 28.3. The number of aromatic nitrogens is 4. The SMILES string of the molecule is Nc1ccc(N=Nc2cccc[n+]2CCCn2cc[n+](CCC[n+]3ccccc3N=Nc3ccc(N)cc3)c2)cc1. The molecular weight excluding hydrogens is 512 g/mol. The van der Waals surface area contributed by atoms with Crippen LogP contribution in [0.15, 0.2) is 137 Å². The number of benzene rings is 2. The molecule has 10 heteroatoms. The fourth-order valence-corrected chi connectivity index (χ4v) is 4.34. The van der Waals surface area contributed by atoms with Crippen molar-refractivity contribution >= 4 is 34.4 Å². The molecule has 3 heterocycles. The number of rotatable bonds is 12. The summed E-state index contributed by atoms with van der Waals surface area (Å²) in [4.78, 5) is 0. The van der Waals surface area contributed by atoms with Crippen molar-refractivity contribution in [2.75, 3.05) is 11.5 Å². The van der Waals surface area contributed by atoms with E-state index in [-0.39, 0.29) is 0 Å². The van der Waals surface area contributed by atoms with E-state index >= 15 is 0 Å². The van der Waals surface area contributed by atoms with Gasteiger partial charge in [0.05, 0.1) is 48.8 Å². The quantitative estimate of drug-likeness (QED) is 0.121. The Morgan fingerprint density at radius 2 is 1.10 bits per heavy atom. The molecule has 0 spiro atoms. The molecular formula is C31H35N10+3. The normalized spacial score (nSPS) is 11.5. The molecule has 0 saturated carbocycles. The summed E-state index contributed by atoms with van der Waals surface area (Å²) in [7, 11) is 0. The van der Waals surface area contributed by atoms with E-state index < -0.39 is 0 Å². The standard InChI is InChI=1S/C31H33N10/c32-26-9-13-28(14-10-26)34-36-30-7-1-3-19-40(30)21-5-17-38-23-24-39(25-38)18-6-22-41-20-4-2-8-31(41)37-35-29-15-11-27(33)12-16-29/h1-4,7-16,19-20,23-25,32-33H,5-6,17-18,21-22H2/q+1/p+2. The highest BCUT2D eigenvalue weighted by molar-refractivity contribution is 5.48. The molecule has 0 aliphatic rings. The van der Waals surface area contributed by atoms with E-state index in [4.69, 9.17) is 11.5 Å². The molecule has 5 rings (SSSR count). The first-order valence-electron chi connectivity index (χ1n) is 13.7. The van der Waals surface area contributed by atoms with Crippen LogP contribution in [-0.4, -0.2) is 4.57 Å². The van der Waals surface area contributed by atoms with Crippen LogP contribution in [0.25, 0.3) is 0 Å². The maximum atomic E-state index is 5.76. The Morgan fingerprint density at radius 3 is 1.66 bits per heavy atom. The van der Waals surface area contributed by atoms with Crippen LogP contribution in [0.3, 0.4) is 0 Å². The first-order valence-corrected chi connectivity index (χ1v) is 13.7. The van der Waals surface area contributed by atoms with Gasteiger partial charge in [0.15, 0.2) is 0 Å². The molecule has 41 heavy (non-hydrogen) atoms. The van der Waals surface area contributed by atoms with E-state index in [1.807, 2.05) is 97.3 Å². The highest BCUT2D eigenvalue weighted by Crippen LogP contribution is 2.18. The van der Waals surface area contributed by atoms with Gasteiger partial charge in [-0.05, 0) is 70.9 Å². The Kier molecular flexibility index (Phi) is 9.13. The van der Waals surface area contributed by atoms with Gasteiger partial charge >= 0.3 is 11.6 Å². The molecule has 206 valence electrons. The molecule has 10 nitrogen and oxygen atoms in total. The third-order valence-corrected chi connectivity index (χ3v) is 6.53. The highest BCUT2D eigenvalue weighted by Gasteiger charge is 2.12. The molecule has 4 N–H and O–H groups in total. The molecule has 0 amide bonds. The van der Waals surface area contributed by atoms with Crippen LogP contribution in [0.5, 0.6) is 0 Å². The van der Waals surface area contributed by atoms with Crippen molar-refractivity contribution in [1.82, 2.24) is 4.57 Å². The van der Waals surface area contributed by atoms with E-state index in [0.717, 1.165) is 62.0 Å². The minimum atomic E-state index is 0.711. The molecule has 3 aromatic heterocycles. The second kappa shape index (κ2) is 13.7. The lowest BCUT2D eigenvalue weighted by molar-refractivity contribution is -0.721. The third-order valence-electron chi connectivity index (χ3n) is 6.53. The average molecular weight is 548 g/mol. The lowest BCUT2D eigenvalue weighted by Crippen LogP contribution is -2.38. The summed E-state index contributed by atoms with van der Waals surface area (Å²) in [6.45, 7) is 3.50. The fraction of sp³-hybridized carbons (Fsp3) is 0.194. The van der Waals surface area contributed by atoms with Crippen molar-refractivity contribution in [2.24, 2.45) is 20.5 Å². The minimum absolute atomic E-state index is 0.711.